The van der Waals surface area contributed by atoms with Gasteiger partial charge >= 0.3 is 0 Å². The Bertz CT molecular complexity index is 182. The molecule has 1 atom stereocenters. The van der Waals surface area contributed by atoms with E-state index in [9.17, 15) is 9.90 Å². The Hall–Kier alpha value is -0.630. The molecule has 1 aliphatic rings. The van der Waals surface area contributed by atoms with Gasteiger partial charge in [-0.25, -0.2) is 0 Å². The predicted octanol–water partition coefficient (Wildman–Crippen LogP) is 1.44. The van der Waals surface area contributed by atoms with Crippen molar-refractivity contribution in [2.24, 2.45) is 0 Å². The van der Waals surface area contributed by atoms with Crippen molar-refractivity contribution >= 4 is 5.78 Å². The van der Waals surface area contributed by atoms with Gasteiger partial charge in [-0.15, -0.1) is 0 Å². The van der Waals surface area contributed by atoms with Crippen molar-refractivity contribution in [2.75, 3.05) is 0 Å². The van der Waals surface area contributed by atoms with Crippen LogP contribution < -0.4 is 0 Å². The Kier molecular flexibility index (Phi) is 2.83. The van der Waals surface area contributed by atoms with Crippen LogP contribution in [0.5, 0.6) is 0 Å². The molecule has 1 aliphatic carbocycles. The number of aliphatic hydroxyl groups is 1. The summed E-state index contributed by atoms with van der Waals surface area (Å²) in [7, 11) is 0. The molecule has 0 aliphatic heterocycles. The van der Waals surface area contributed by atoms with Crippen LogP contribution >= 0.6 is 0 Å². The molecule has 0 aromatic rings. The van der Waals surface area contributed by atoms with Crippen LogP contribution in [0.25, 0.3) is 0 Å². The molecule has 0 heterocycles. The average molecular weight is 154 g/mol. The van der Waals surface area contributed by atoms with E-state index in [1.807, 2.05) is 13.0 Å². The van der Waals surface area contributed by atoms with Gasteiger partial charge in [-0.1, -0.05) is 13.0 Å². The molecule has 0 bridgehead atoms. The minimum Gasteiger partial charge on any atom is -0.389 e. The van der Waals surface area contributed by atoms with Crippen LogP contribution in [0.4, 0.5) is 0 Å². The normalized spacial score (nSPS) is 21.3. The molecule has 0 saturated heterocycles. The second kappa shape index (κ2) is 3.67. The minimum atomic E-state index is -0.317. The first-order valence-electron chi connectivity index (χ1n) is 4.12. The molecule has 0 radical (unpaired) electrons. The summed E-state index contributed by atoms with van der Waals surface area (Å²) < 4.78 is 0. The van der Waals surface area contributed by atoms with E-state index in [2.05, 4.69) is 0 Å². The topological polar surface area (TPSA) is 37.3 Å². The molecular weight excluding hydrogens is 140 g/mol. The van der Waals surface area contributed by atoms with Crippen LogP contribution in [0.2, 0.25) is 0 Å². The van der Waals surface area contributed by atoms with Crippen molar-refractivity contribution < 1.29 is 9.90 Å². The third kappa shape index (κ3) is 2.15. The summed E-state index contributed by atoms with van der Waals surface area (Å²) in [6.45, 7) is 1.95. The maximum Gasteiger partial charge on any atom is 0.136 e. The Labute approximate surface area is 66.9 Å². The first-order chi connectivity index (χ1) is 5.24. The molecule has 2 nitrogen and oxygen atoms in total. The summed E-state index contributed by atoms with van der Waals surface area (Å²) in [5, 5.41) is 9.39. The molecule has 11 heavy (non-hydrogen) atoms. The maximum absolute atomic E-state index is 10.8. The summed E-state index contributed by atoms with van der Waals surface area (Å²) >= 11 is 0. The molecular formula is C9H14O2. The fraction of sp³-hybridized carbons (Fsp3) is 0.667. The fourth-order valence-electron chi connectivity index (χ4n) is 1.30. The quantitative estimate of drug-likeness (QED) is 0.611. The molecule has 0 spiro atoms. The van der Waals surface area contributed by atoms with E-state index >= 15 is 0 Å². The zero-order valence-electron chi connectivity index (χ0n) is 6.84. The molecule has 0 aromatic carbocycles. The van der Waals surface area contributed by atoms with E-state index in [4.69, 9.17) is 0 Å². The zero-order valence-corrected chi connectivity index (χ0v) is 6.84. The van der Waals surface area contributed by atoms with E-state index in [0.29, 0.717) is 12.8 Å². The predicted molar refractivity (Wildman–Crippen MR) is 43.2 cm³/mol. The minimum absolute atomic E-state index is 0.289. The summed E-state index contributed by atoms with van der Waals surface area (Å²) in [6, 6.07) is 0. The van der Waals surface area contributed by atoms with E-state index in [1.54, 1.807) is 0 Å². The first kappa shape index (κ1) is 8.47. The van der Waals surface area contributed by atoms with Gasteiger partial charge < -0.3 is 5.11 Å². The van der Waals surface area contributed by atoms with Gasteiger partial charge in [0.2, 0.25) is 0 Å². The highest BCUT2D eigenvalue weighted by Crippen LogP contribution is 2.19. The molecule has 1 unspecified atom stereocenters. The van der Waals surface area contributed by atoms with Crippen LogP contribution in [-0.2, 0) is 4.79 Å². The average Bonchev–Trinajstić information content (AvgIpc) is 2.05. The van der Waals surface area contributed by atoms with Crippen molar-refractivity contribution in [3.05, 3.63) is 11.6 Å². The molecule has 1 N–H and O–H groups in total. The standard InChI is InChI=1S/C9H14O2/c1-2-9(11)7-3-5-8(10)6-4-7/h3,9,11H,2,4-6H2,1H3. The van der Waals surface area contributed by atoms with Gasteiger partial charge in [0.25, 0.3) is 0 Å². The Morgan fingerprint density at radius 3 is 2.82 bits per heavy atom. The number of allylic oxidation sites excluding steroid dienone is 1. The van der Waals surface area contributed by atoms with Crippen molar-refractivity contribution in [1.29, 1.82) is 0 Å². The molecule has 1 rings (SSSR count). The number of Topliss-reactive ketones (excluding diaryl/α,β-unsaturated/α-hetero) is 1. The number of hydrogen-bond acceptors (Lipinski definition) is 2. The van der Waals surface area contributed by atoms with Crippen LogP contribution in [0, 0.1) is 0 Å². The molecule has 0 fully saturated rings. The number of hydrogen-bond donors (Lipinski definition) is 1. The Balaban J connectivity index is 2.53. The van der Waals surface area contributed by atoms with Crippen molar-refractivity contribution in [3.63, 3.8) is 0 Å². The molecule has 0 aromatic heterocycles. The van der Waals surface area contributed by atoms with Gasteiger partial charge in [0, 0.05) is 12.8 Å². The lowest BCUT2D eigenvalue weighted by Gasteiger charge is -2.16. The van der Waals surface area contributed by atoms with Gasteiger partial charge in [-0.3, -0.25) is 4.79 Å². The van der Waals surface area contributed by atoms with Gasteiger partial charge in [0.1, 0.15) is 5.78 Å². The lowest BCUT2D eigenvalue weighted by molar-refractivity contribution is -0.118. The second-order valence-corrected chi connectivity index (χ2v) is 2.95. The van der Waals surface area contributed by atoms with Crippen molar-refractivity contribution in [2.45, 2.75) is 38.7 Å². The first-order valence-corrected chi connectivity index (χ1v) is 4.12. The van der Waals surface area contributed by atoms with Crippen molar-refractivity contribution in [3.8, 4) is 0 Å². The number of carbonyl (C=O) groups is 1. The van der Waals surface area contributed by atoms with Crippen LogP contribution in [-0.4, -0.2) is 17.0 Å². The fourth-order valence-corrected chi connectivity index (χ4v) is 1.30. The van der Waals surface area contributed by atoms with Gasteiger partial charge in [-0.05, 0) is 18.4 Å². The van der Waals surface area contributed by atoms with Crippen LogP contribution in [0.1, 0.15) is 32.6 Å². The van der Waals surface area contributed by atoms with Crippen LogP contribution in [0.15, 0.2) is 11.6 Å². The number of rotatable bonds is 2. The van der Waals surface area contributed by atoms with Gasteiger partial charge in [0.15, 0.2) is 0 Å². The van der Waals surface area contributed by atoms with Crippen molar-refractivity contribution in [1.82, 2.24) is 0 Å². The Morgan fingerprint density at radius 2 is 2.36 bits per heavy atom. The third-order valence-corrected chi connectivity index (χ3v) is 2.10. The molecule has 62 valence electrons. The summed E-state index contributed by atoms with van der Waals surface area (Å²) in [5.41, 5.74) is 1.05. The summed E-state index contributed by atoms with van der Waals surface area (Å²) in [4.78, 5) is 10.8. The lowest BCUT2D eigenvalue weighted by Crippen LogP contribution is -2.14. The second-order valence-electron chi connectivity index (χ2n) is 2.95. The van der Waals surface area contributed by atoms with Crippen LogP contribution in [0.3, 0.4) is 0 Å². The third-order valence-electron chi connectivity index (χ3n) is 2.10. The van der Waals surface area contributed by atoms with E-state index in [0.717, 1.165) is 18.4 Å². The number of aliphatic hydroxyl groups excluding tert-OH is 1. The Morgan fingerprint density at radius 1 is 1.64 bits per heavy atom. The smallest absolute Gasteiger partial charge is 0.136 e. The monoisotopic (exact) mass is 154 g/mol. The maximum atomic E-state index is 10.8. The van der Waals surface area contributed by atoms with E-state index < -0.39 is 0 Å². The number of ketones is 1. The van der Waals surface area contributed by atoms with E-state index in [-0.39, 0.29) is 11.9 Å². The largest absolute Gasteiger partial charge is 0.389 e. The highest BCUT2D eigenvalue weighted by molar-refractivity contribution is 5.81. The highest BCUT2D eigenvalue weighted by atomic mass is 16.3. The molecule has 0 amide bonds. The summed E-state index contributed by atoms with van der Waals surface area (Å²) in [5.74, 6) is 0.289. The number of carbonyl (C=O) groups excluding carboxylic acids is 1. The van der Waals surface area contributed by atoms with Gasteiger partial charge in [0.05, 0.1) is 6.10 Å². The van der Waals surface area contributed by atoms with E-state index in [1.165, 1.54) is 0 Å². The zero-order chi connectivity index (χ0) is 8.27. The molecule has 0 saturated carbocycles. The highest BCUT2D eigenvalue weighted by Gasteiger charge is 2.14. The van der Waals surface area contributed by atoms with Gasteiger partial charge in [-0.2, -0.15) is 0 Å². The summed E-state index contributed by atoms with van der Waals surface area (Å²) in [6.07, 6.45) is 4.20. The molecule has 2 heteroatoms. The SMILES string of the molecule is CCC(O)C1=CCC(=O)CC1. The lowest BCUT2D eigenvalue weighted by atomic mass is 9.94.